The predicted octanol–water partition coefficient (Wildman–Crippen LogP) is -0.370. The molecule has 0 saturated carbocycles. The van der Waals surface area contributed by atoms with Gasteiger partial charge in [-0.25, -0.2) is 0 Å². The highest BCUT2D eigenvalue weighted by atomic mass is 16.5. The number of hydrogen-bond acceptors (Lipinski definition) is 6. The molecule has 1 aliphatic heterocycles. The molecule has 0 N–H and O–H groups in total. The van der Waals surface area contributed by atoms with Crippen molar-refractivity contribution in [2.75, 3.05) is 13.2 Å². The molecule has 1 atom stereocenters. The van der Waals surface area contributed by atoms with Gasteiger partial charge in [-0.1, -0.05) is 0 Å². The zero-order valence-corrected chi connectivity index (χ0v) is 10.3. The summed E-state index contributed by atoms with van der Waals surface area (Å²) in [6, 6.07) is 0. The Balaban J connectivity index is 2.41. The molecular formula is C11H15NO6. The first kappa shape index (κ1) is 14.1. The maximum absolute atomic E-state index is 11.7. The zero-order valence-electron chi connectivity index (χ0n) is 10.3. The van der Waals surface area contributed by atoms with Crippen molar-refractivity contribution in [3.63, 3.8) is 0 Å². The van der Waals surface area contributed by atoms with Crippen LogP contribution in [0.5, 0.6) is 0 Å². The van der Waals surface area contributed by atoms with Gasteiger partial charge in [-0.15, -0.1) is 0 Å². The van der Waals surface area contributed by atoms with E-state index < -0.39 is 23.9 Å². The molecular weight excluding hydrogens is 242 g/mol. The fourth-order valence-electron chi connectivity index (χ4n) is 1.62. The Morgan fingerprint density at radius 2 is 1.94 bits per heavy atom. The van der Waals surface area contributed by atoms with Crippen molar-refractivity contribution >= 4 is 23.8 Å². The van der Waals surface area contributed by atoms with Crippen molar-refractivity contribution < 1.29 is 28.7 Å². The van der Waals surface area contributed by atoms with Crippen LogP contribution in [-0.4, -0.2) is 47.9 Å². The summed E-state index contributed by atoms with van der Waals surface area (Å²) in [5.74, 6) is -1.90. The first-order valence-corrected chi connectivity index (χ1v) is 5.56. The van der Waals surface area contributed by atoms with E-state index >= 15 is 0 Å². The number of likely N-dealkylation sites (tertiary alicyclic amines) is 1. The second-order valence-electron chi connectivity index (χ2n) is 3.88. The van der Waals surface area contributed by atoms with E-state index in [2.05, 4.69) is 4.74 Å². The standard InChI is InChI=1S/C11H15NO6/c1-7(13)17-5-3-4-12-10(15)6-9(11(12)16)18-8(2)14/h9H,3-6H2,1-2H3/t9-/m0/s1. The maximum atomic E-state index is 11.7. The average Bonchev–Trinajstić information content (AvgIpc) is 2.49. The summed E-state index contributed by atoms with van der Waals surface area (Å²) < 4.78 is 9.42. The lowest BCUT2D eigenvalue weighted by Gasteiger charge is -2.14. The summed E-state index contributed by atoms with van der Waals surface area (Å²) in [5.41, 5.74) is 0. The van der Waals surface area contributed by atoms with Crippen molar-refractivity contribution in [2.24, 2.45) is 0 Å². The normalized spacial score (nSPS) is 19.0. The number of imide groups is 1. The average molecular weight is 257 g/mol. The highest BCUT2D eigenvalue weighted by Gasteiger charge is 2.40. The van der Waals surface area contributed by atoms with Gasteiger partial charge in [0.25, 0.3) is 5.91 Å². The van der Waals surface area contributed by atoms with Crippen molar-refractivity contribution in [3.8, 4) is 0 Å². The summed E-state index contributed by atoms with van der Waals surface area (Å²) in [5, 5.41) is 0. The third-order valence-electron chi connectivity index (χ3n) is 2.34. The maximum Gasteiger partial charge on any atom is 0.303 e. The molecule has 1 rings (SSSR count). The minimum Gasteiger partial charge on any atom is -0.466 e. The van der Waals surface area contributed by atoms with Crippen LogP contribution in [0.2, 0.25) is 0 Å². The molecule has 1 aliphatic rings. The summed E-state index contributed by atoms with van der Waals surface area (Å²) >= 11 is 0. The predicted molar refractivity (Wildman–Crippen MR) is 58.1 cm³/mol. The largest absolute Gasteiger partial charge is 0.466 e. The smallest absolute Gasteiger partial charge is 0.303 e. The van der Waals surface area contributed by atoms with Gasteiger partial charge in [0, 0.05) is 20.4 Å². The molecule has 0 aromatic carbocycles. The summed E-state index contributed by atoms with van der Waals surface area (Å²) in [7, 11) is 0. The van der Waals surface area contributed by atoms with E-state index in [-0.39, 0.29) is 25.5 Å². The quantitative estimate of drug-likeness (QED) is 0.379. The molecule has 0 spiro atoms. The van der Waals surface area contributed by atoms with Crippen LogP contribution in [0.25, 0.3) is 0 Å². The molecule has 0 aliphatic carbocycles. The third-order valence-corrected chi connectivity index (χ3v) is 2.34. The van der Waals surface area contributed by atoms with Gasteiger partial charge >= 0.3 is 11.9 Å². The van der Waals surface area contributed by atoms with Gasteiger partial charge in [-0.05, 0) is 6.42 Å². The number of nitrogens with zero attached hydrogens (tertiary/aromatic N) is 1. The van der Waals surface area contributed by atoms with Crippen molar-refractivity contribution in [1.29, 1.82) is 0 Å². The zero-order chi connectivity index (χ0) is 13.7. The Bertz CT molecular complexity index is 378. The molecule has 0 aromatic heterocycles. The fraction of sp³-hybridized carbons (Fsp3) is 0.636. The molecule has 18 heavy (non-hydrogen) atoms. The Hall–Kier alpha value is -1.92. The van der Waals surface area contributed by atoms with E-state index in [4.69, 9.17) is 4.74 Å². The summed E-state index contributed by atoms with van der Waals surface area (Å²) in [6.07, 6.45) is -0.765. The van der Waals surface area contributed by atoms with Crippen LogP contribution in [0.4, 0.5) is 0 Å². The van der Waals surface area contributed by atoms with Crippen LogP contribution in [0.15, 0.2) is 0 Å². The molecule has 7 heteroatoms. The first-order chi connectivity index (χ1) is 8.41. The molecule has 0 radical (unpaired) electrons. The SMILES string of the molecule is CC(=O)OCCCN1C(=O)C[C@H](OC(C)=O)C1=O. The van der Waals surface area contributed by atoms with E-state index in [0.29, 0.717) is 6.42 Å². The van der Waals surface area contributed by atoms with Crippen molar-refractivity contribution in [2.45, 2.75) is 32.8 Å². The Kier molecular flexibility index (Phi) is 4.82. The van der Waals surface area contributed by atoms with Crippen LogP contribution in [0.1, 0.15) is 26.7 Å². The number of amides is 2. The van der Waals surface area contributed by atoms with Crippen LogP contribution in [0, 0.1) is 0 Å². The van der Waals surface area contributed by atoms with Gasteiger partial charge in [-0.3, -0.25) is 24.1 Å². The molecule has 1 fully saturated rings. The molecule has 2 amide bonds. The Labute approximate surface area is 104 Å². The number of hydrogen-bond donors (Lipinski definition) is 0. The first-order valence-electron chi connectivity index (χ1n) is 5.56. The van der Waals surface area contributed by atoms with E-state index in [1.807, 2.05) is 0 Å². The minimum absolute atomic E-state index is 0.119. The van der Waals surface area contributed by atoms with Crippen LogP contribution in [-0.2, 0) is 28.7 Å². The van der Waals surface area contributed by atoms with Gasteiger partial charge in [0.05, 0.1) is 13.0 Å². The van der Waals surface area contributed by atoms with Crippen LogP contribution in [0.3, 0.4) is 0 Å². The number of carbonyl (C=O) groups excluding carboxylic acids is 4. The Morgan fingerprint density at radius 1 is 1.28 bits per heavy atom. The molecule has 0 unspecified atom stereocenters. The number of carbonyl (C=O) groups is 4. The summed E-state index contributed by atoms with van der Waals surface area (Å²) in [4.78, 5) is 45.5. The molecule has 100 valence electrons. The van der Waals surface area contributed by atoms with Gasteiger partial charge < -0.3 is 9.47 Å². The van der Waals surface area contributed by atoms with Gasteiger partial charge in [-0.2, -0.15) is 0 Å². The topological polar surface area (TPSA) is 90.0 Å². The van der Waals surface area contributed by atoms with Crippen molar-refractivity contribution in [1.82, 2.24) is 4.90 Å². The summed E-state index contributed by atoms with van der Waals surface area (Å²) in [6.45, 7) is 2.76. The lowest BCUT2D eigenvalue weighted by Crippen LogP contribution is -2.34. The van der Waals surface area contributed by atoms with E-state index in [0.717, 1.165) is 4.90 Å². The molecule has 1 saturated heterocycles. The number of ether oxygens (including phenoxy) is 2. The fourth-order valence-corrected chi connectivity index (χ4v) is 1.62. The minimum atomic E-state index is -1.01. The number of rotatable bonds is 5. The van der Waals surface area contributed by atoms with Crippen LogP contribution >= 0.6 is 0 Å². The van der Waals surface area contributed by atoms with Crippen LogP contribution < -0.4 is 0 Å². The van der Waals surface area contributed by atoms with Gasteiger partial charge in [0.1, 0.15) is 0 Å². The van der Waals surface area contributed by atoms with Gasteiger partial charge in [0.15, 0.2) is 6.10 Å². The van der Waals surface area contributed by atoms with Gasteiger partial charge in [0.2, 0.25) is 5.91 Å². The second-order valence-corrected chi connectivity index (χ2v) is 3.88. The second kappa shape index (κ2) is 6.13. The third kappa shape index (κ3) is 3.83. The lowest BCUT2D eigenvalue weighted by atomic mass is 10.3. The molecule has 0 bridgehead atoms. The monoisotopic (exact) mass is 257 g/mol. The van der Waals surface area contributed by atoms with Crippen molar-refractivity contribution in [3.05, 3.63) is 0 Å². The highest BCUT2D eigenvalue weighted by Crippen LogP contribution is 2.16. The lowest BCUT2D eigenvalue weighted by molar-refractivity contribution is -0.154. The number of esters is 2. The highest BCUT2D eigenvalue weighted by molar-refractivity contribution is 6.05. The van der Waals surface area contributed by atoms with E-state index in [9.17, 15) is 19.2 Å². The van der Waals surface area contributed by atoms with E-state index in [1.54, 1.807) is 0 Å². The molecule has 7 nitrogen and oxygen atoms in total. The molecule has 1 heterocycles. The Morgan fingerprint density at radius 3 is 2.50 bits per heavy atom. The van der Waals surface area contributed by atoms with E-state index in [1.165, 1.54) is 13.8 Å². The molecule has 0 aromatic rings.